The molecule has 0 aromatic heterocycles. The first-order valence-corrected chi connectivity index (χ1v) is 3.76. The van der Waals surface area contributed by atoms with E-state index in [0.29, 0.717) is 0 Å². The quantitative estimate of drug-likeness (QED) is 0.460. The Morgan fingerprint density at radius 2 is 1.46 bits per heavy atom. The van der Waals surface area contributed by atoms with Crippen molar-refractivity contribution in [2.24, 2.45) is 0 Å². The molecule has 0 amide bonds. The van der Waals surface area contributed by atoms with Gasteiger partial charge in [0.1, 0.15) is 0 Å². The van der Waals surface area contributed by atoms with Gasteiger partial charge in [-0.2, -0.15) is 0 Å². The molecule has 72 valence electrons. The molecule has 13 heavy (non-hydrogen) atoms. The SMILES string of the molecule is CC(=O)O[C@@H]1C=C[C@@H](OC(C)=O)O1. The van der Waals surface area contributed by atoms with Crippen molar-refractivity contribution in [3.63, 3.8) is 0 Å². The summed E-state index contributed by atoms with van der Waals surface area (Å²) < 4.78 is 14.4. The zero-order chi connectivity index (χ0) is 9.84. The average Bonchev–Trinajstić information content (AvgIpc) is 2.33. The maximum atomic E-state index is 10.5. The van der Waals surface area contributed by atoms with E-state index in [4.69, 9.17) is 4.74 Å². The Labute approximate surface area is 75.3 Å². The molecule has 5 heteroatoms. The van der Waals surface area contributed by atoms with Gasteiger partial charge in [-0.25, -0.2) is 0 Å². The summed E-state index contributed by atoms with van der Waals surface area (Å²) in [7, 11) is 0. The van der Waals surface area contributed by atoms with Gasteiger partial charge in [-0.3, -0.25) is 14.3 Å². The van der Waals surface area contributed by atoms with Crippen molar-refractivity contribution in [1.82, 2.24) is 0 Å². The van der Waals surface area contributed by atoms with Gasteiger partial charge in [0.05, 0.1) is 0 Å². The second-order valence-corrected chi connectivity index (χ2v) is 2.48. The lowest BCUT2D eigenvalue weighted by molar-refractivity contribution is -0.200. The summed E-state index contributed by atoms with van der Waals surface area (Å²) in [4.78, 5) is 21.0. The molecule has 0 radical (unpaired) electrons. The van der Waals surface area contributed by atoms with Gasteiger partial charge in [-0.15, -0.1) is 0 Å². The first kappa shape index (κ1) is 9.73. The third-order valence-electron chi connectivity index (χ3n) is 1.26. The number of carbonyl (C=O) groups excluding carboxylic acids is 2. The van der Waals surface area contributed by atoms with Crippen LogP contribution in [0.25, 0.3) is 0 Å². The fourth-order valence-electron chi connectivity index (χ4n) is 0.866. The predicted molar refractivity (Wildman–Crippen MR) is 41.3 cm³/mol. The topological polar surface area (TPSA) is 61.8 Å². The molecule has 1 aliphatic rings. The summed E-state index contributed by atoms with van der Waals surface area (Å²) in [6.07, 6.45) is 1.52. The normalized spacial score (nSPS) is 25.7. The van der Waals surface area contributed by atoms with Crippen LogP contribution < -0.4 is 0 Å². The fourth-order valence-corrected chi connectivity index (χ4v) is 0.866. The number of carbonyl (C=O) groups is 2. The summed E-state index contributed by atoms with van der Waals surface area (Å²) >= 11 is 0. The van der Waals surface area contributed by atoms with Gasteiger partial charge >= 0.3 is 11.9 Å². The predicted octanol–water partition coefficient (Wildman–Crippen LogP) is 0.351. The maximum Gasteiger partial charge on any atom is 0.305 e. The monoisotopic (exact) mass is 186 g/mol. The second kappa shape index (κ2) is 4.04. The van der Waals surface area contributed by atoms with Gasteiger partial charge < -0.3 is 9.47 Å². The molecule has 2 atom stereocenters. The molecule has 0 aromatic rings. The molecule has 0 unspecified atom stereocenters. The summed E-state index contributed by atoms with van der Waals surface area (Å²) in [5.74, 6) is -0.892. The van der Waals surface area contributed by atoms with Crippen LogP contribution in [0.15, 0.2) is 12.2 Å². The third-order valence-corrected chi connectivity index (χ3v) is 1.26. The van der Waals surface area contributed by atoms with Crippen LogP contribution in [0, 0.1) is 0 Å². The molecule has 1 aliphatic heterocycles. The number of hydrogen-bond acceptors (Lipinski definition) is 5. The van der Waals surface area contributed by atoms with Crippen molar-refractivity contribution < 1.29 is 23.8 Å². The molecule has 0 bridgehead atoms. The molecule has 1 heterocycles. The smallest absolute Gasteiger partial charge is 0.305 e. The van der Waals surface area contributed by atoms with Gasteiger partial charge in [-0.05, 0) is 12.2 Å². The van der Waals surface area contributed by atoms with Crippen LogP contribution in [0.4, 0.5) is 0 Å². The molecule has 0 spiro atoms. The minimum absolute atomic E-state index is 0.446. The van der Waals surface area contributed by atoms with Crippen LogP contribution in [-0.4, -0.2) is 24.5 Å². The Bertz CT molecular complexity index is 221. The van der Waals surface area contributed by atoms with Crippen molar-refractivity contribution in [2.45, 2.75) is 26.4 Å². The Morgan fingerprint density at radius 1 is 1.08 bits per heavy atom. The molecule has 0 saturated carbocycles. The minimum Gasteiger partial charge on any atom is -0.432 e. The Balaban J connectivity index is 2.33. The molecular weight excluding hydrogens is 176 g/mol. The molecule has 1 rings (SSSR count). The Morgan fingerprint density at radius 3 is 1.77 bits per heavy atom. The van der Waals surface area contributed by atoms with E-state index in [9.17, 15) is 9.59 Å². The van der Waals surface area contributed by atoms with Crippen molar-refractivity contribution in [1.29, 1.82) is 0 Å². The van der Waals surface area contributed by atoms with E-state index in [0.717, 1.165) is 0 Å². The molecule has 0 saturated heterocycles. The first-order valence-electron chi connectivity index (χ1n) is 3.76. The summed E-state index contributed by atoms with van der Waals surface area (Å²) in [5, 5.41) is 0. The maximum absolute atomic E-state index is 10.5. The number of hydrogen-bond donors (Lipinski definition) is 0. The second-order valence-electron chi connectivity index (χ2n) is 2.48. The van der Waals surface area contributed by atoms with Gasteiger partial charge in [0.2, 0.25) is 12.6 Å². The van der Waals surface area contributed by atoms with Gasteiger partial charge in [0.25, 0.3) is 0 Å². The summed E-state index contributed by atoms with van der Waals surface area (Å²) in [6.45, 7) is 2.55. The van der Waals surface area contributed by atoms with Crippen LogP contribution >= 0.6 is 0 Å². The van der Waals surface area contributed by atoms with E-state index in [1.165, 1.54) is 26.0 Å². The minimum atomic E-state index is -0.748. The zero-order valence-electron chi connectivity index (χ0n) is 7.35. The van der Waals surface area contributed by atoms with Gasteiger partial charge in [-0.1, -0.05) is 0 Å². The molecule has 0 N–H and O–H groups in total. The highest BCUT2D eigenvalue weighted by Crippen LogP contribution is 2.13. The lowest BCUT2D eigenvalue weighted by Gasteiger charge is -2.12. The molecule has 5 nitrogen and oxygen atoms in total. The van der Waals surface area contributed by atoms with E-state index in [1.807, 2.05) is 0 Å². The summed E-state index contributed by atoms with van der Waals surface area (Å²) in [6, 6.07) is 0. The standard InChI is InChI=1S/C8H10O5/c1-5(9)11-7-3-4-8(13-7)12-6(2)10/h3-4,7-8H,1-2H3/t7-,8-/m0/s1. The highest BCUT2D eigenvalue weighted by molar-refractivity contribution is 5.66. The van der Waals surface area contributed by atoms with Crippen LogP contribution in [0.3, 0.4) is 0 Å². The third kappa shape index (κ3) is 3.25. The van der Waals surface area contributed by atoms with Crippen LogP contribution in [0.5, 0.6) is 0 Å². The van der Waals surface area contributed by atoms with Crippen molar-refractivity contribution in [2.75, 3.05) is 0 Å². The molecule has 0 aromatic carbocycles. The fraction of sp³-hybridized carbons (Fsp3) is 0.500. The average molecular weight is 186 g/mol. The molecule has 0 fully saturated rings. The van der Waals surface area contributed by atoms with Crippen molar-refractivity contribution >= 4 is 11.9 Å². The van der Waals surface area contributed by atoms with E-state index in [-0.39, 0.29) is 0 Å². The number of ether oxygens (including phenoxy) is 3. The van der Waals surface area contributed by atoms with Crippen molar-refractivity contribution in [3.8, 4) is 0 Å². The van der Waals surface area contributed by atoms with Gasteiger partial charge in [0.15, 0.2) is 0 Å². The van der Waals surface area contributed by atoms with Crippen LogP contribution in [0.2, 0.25) is 0 Å². The highest BCUT2D eigenvalue weighted by atomic mass is 16.8. The van der Waals surface area contributed by atoms with E-state index < -0.39 is 24.5 Å². The molecule has 0 aliphatic carbocycles. The van der Waals surface area contributed by atoms with Crippen LogP contribution in [-0.2, 0) is 23.8 Å². The molecular formula is C8H10O5. The van der Waals surface area contributed by atoms with E-state index >= 15 is 0 Å². The largest absolute Gasteiger partial charge is 0.432 e. The lowest BCUT2D eigenvalue weighted by Crippen LogP contribution is -2.21. The summed E-state index contributed by atoms with van der Waals surface area (Å²) in [5.41, 5.74) is 0. The first-order chi connectivity index (χ1) is 6.08. The van der Waals surface area contributed by atoms with Crippen LogP contribution in [0.1, 0.15) is 13.8 Å². The highest BCUT2D eigenvalue weighted by Gasteiger charge is 2.22. The Kier molecular flexibility index (Phi) is 3.02. The lowest BCUT2D eigenvalue weighted by atomic mass is 10.5. The van der Waals surface area contributed by atoms with Gasteiger partial charge in [0, 0.05) is 13.8 Å². The number of rotatable bonds is 2. The van der Waals surface area contributed by atoms with E-state index in [2.05, 4.69) is 9.47 Å². The Hall–Kier alpha value is -1.36. The van der Waals surface area contributed by atoms with E-state index in [1.54, 1.807) is 0 Å². The zero-order valence-corrected chi connectivity index (χ0v) is 7.35. The van der Waals surface area contributed by atoms with Crippen molar-refractivity contribution in [3.05, 3.63) is 12.2 Å². The number of esters is 2.